The molecule has 110 valence electrons. The van der Waals surface area contributed by atoms with Gasteiger partial charge in [-0.3, -0.25) is 0 Å². The highest BCUT2D eigenvalue weighted by molar-refractivity contribution is 5.21. The Bertz CT molecular complexity index is 469. The standard InChI is InChI=1S/C16H21F2NO/c1-19-10-16(4-5-20-15(16)12-2-3-12)9-11-6-13(17)8-14(18)7-11/h6-8,12,15,19H,2-5,9-10H2,1H3. The SMILES string of the molecule is CNCC1(Cc2cc(F)cc(F)c2)CCOC1C1CC1. The molecule has 20 heavy (non-hydrogen) atoms. The Kier molecular flexibility index (Phi) is 3.78. The molecule has 3 rings (SSSR count). The minimum Gasteiger partial charge on any atom is -0.377 e. The number of hydrogen-bond donors (Lipinski definition) is 1. The lowest BCUT2D eigenvalue weighted by Gasteiger charge is -2.34. The fourth-order valence-corrected chi connectivity index (χ4v) is 3.66. The Labute approximate surface area is 118 Å². The Morgan fingerprint density at radius 3 is 2.55 bits per heavy atom. The van der Waals surface area contributed by atoms with Crippen molar-refractivity contribution in [1.82, 2.24) is 5.32 Å². The van der Waals surface area contributed by atoms with Crippen molar-refractivity contribution < 1.29 is 13.5 Å². The smallest absolute Gasteiger partial charge is 0.126 e. The van der Waals surface area contributed by atoms with Crippen molar-refractivity contribution >= 4 is 0 Å². The van der Waals surface area contributed by atoms with Gasteiger partial charge in [0.2, 0.25) is 0 Å². The molecule has 1 heterocycles. The lowest BCUT2D eigenvalue weighted by Crippen LogP contribution is -2.42. The van der Waals surface area contributed by atoms with Crippen LogP contribution in [-0.2, 0) is 11.2 Å². The Hall–Kier alpha value is -1.00. The number of hydrogen-bond acceptors (Lipinski definition) is 2. The molecule has 2 aliphatic rings. The van der Waals surface area contributed by atoms with E-state index in [-0.39, 0.29) is 11.5 Å². The first-order valence-electron chi connectivity index (χ1n) is 7.34. The summed E-state index contributed by atoms with van der Waals surface area (Å²) in [6, 6.07) is 3.82. The average Bonchev–Trinajstić information content (AvgIpc) is 3.12. The van der Waals surface area contributed by atoms with Crippen LogP contribution >= 0.6 is 0 Å². The molecule has 1 saturated carbocycles. The first-order chi connectivity index (χ1) is 9.63. The molecule has 0 amide bonds. The summed E-state index contributed by atoms with van der Waals surface area (Å²) in [5, 5.41) is 3.25. The number of ether oxygens (including phenoxy) is 1. The van der Waals surface area contributed by atoms with Crippen molar-refractivity contribution in [3.05, 3.63) is 35.4 Å². The van der Waals surface area contributed by atoms with Gasteiger partial charge in [-0.15, -0.1) is 0 Å². The van der Waals surface area contributed by atoms with Gasteiger partial charge in [0, 0.05) is 24.6 Å². The first kappa shape index (κ1) is 14.0. The van der Waals surface area contributed by atoms with E-state index >= 15 is 0 Å². The number of halogens is 2. The molecule has 2 fully saturated rings. The molecule has 1 saturated heterocycles. The van der Waals surface area contributed by atoms with E-state index in [4.69, 9.17) is 4.74 Å². The van der Waals surface area contributed by atoms with E-state index in [9.17, 15) is 8.78 Å². The summed E-state index contributed by atoms with van der Waals surface area (Å²) < 4.78 is 32.7. The first-order valence-corrected chi connectivity index (χ1v) is 7.34. The molecule has 0 radical (unpaired) electrons. The van der Waals surface area contributed by atoms with Crippen molar-refractivity contribution in [2.24, 2.45) is 11.3 Å². The highest BCUT2D eigenvalue weighted by Crippen LogP contribution is 2.49. The molecule has 1 aliphatic carbocycles. The topological polar surface area (TPSA) is 21.3 Å². The summed E-state index contributed by atoms with van der Waals surface area (Å²) in [6.45, 7) is 1.58. The molecular formula is C16H21F2NO. The van der Waals surface area contributed by atoms with Gasteiger partial charge in [0.25, 0.3) is 0 Å². The lowest BCUT2D eigenvalue weighted by atomic mass is 9.74. The van der Waals surface area contributed by atoms with Gasteiger partial charge in [0.1, 0.15) is 11.6 Å². The summed E-state index contributed by atoms with van der Waals surface area (Å²) in [5.74, 6) is -0.368. The van der Waals surface area contributed by atoms with Crippen molar-refractivity contribution in [2.45, 2.75) is 31.8 Å². The normalized spacial score (nSPS) is 29.9. The van der Waals surface area contributed by atoms with Crippen LogP contribution in [0.4, 0.5) is 8.78 Å². The summed E-state index contributed by atoms with van der Waals surface area (Å²) in [4.78, 5) is 0. The van der Waals surface area contributed by atoms with Crippen molar-refractivity contribution in [2.75, 3.05) is 20.2 Å². The Morgan fingerprint density at radius 1 is 1.25 bits per heavy atom. The minimum absolute atomic E-state index is 0.0316. The predicted molar refractivity (Wildman–Crippen MR) is 73.5 cm³/mol. The van der Waals surface area contributed by atoms with Crippen LogP contribution in [0.25, 0.3) is 0 Å². The van der Waals surface area contributed by atoms with Crippen LogP contribution in [0.3, 0.4) is 0 Å². The third-order valence-electron chi connectivity index (χ3n) is 4.56. The maximum atomic E-state index is 13.4. The van der Waals surface area contributed by atoms with E-state index in [0.717, 1.165) is 31.2 Å². The highest BCUT2D eigenvalue weighted by Gasteiger charge is 2.50. The van der Waals surface area contributed by atoms with Crippen LogP contribution in [-0.4, -0.2) is 26.3 Å². The second kappa shape index (κ2) is 5.41. The van der Waals surface area contributed by atoms with Gasteiger partial charge < -0.3 is 10.1 Å². The van der Waals surface area contributed by atoms with Crippen LogP contribution < -0.4 is 5.32 Å². The molecule has 0 bridgehead atoms. The quantitative estimate of drug-likeness (QED) is 0.896. The third kappa shape index (κ3) is 2.72. The Morgan fingerprint density at radius 2 is 1.95 bits per heavy atom. The largest absolute Gasteiger partial charge is 0.377 e. The van der Waals surface area contributed by atoms with E-state index in [1.807, 2.05) is 7.05 Å². The zero-order valence-electron chi connectivity index (χ0n) is 11.8. The molecule has 0 aromatic heterocycles. The Balaban J connectivity index is 1.86. The van der Waals surface area contributed by atoms with E-state index in [1.54, 1.807) is 0 Å². The second-order valence-electron chi connectivity index (χ2n) is 6.23. The fourth-order valence-electron chi connectivity index (χ4n) is 3.66. The zero-order chi connectivity index (χ0) is 14.2. The van der Waals surface area contributed by atoms with E-state index in [0.29, 0.717) is 12.3 Å². The summed E-state index contributed by atoms with van der Waals surface area (Å²) in [6.07, 6.45) is 4.28. The van der Waals surface area contributed by atoms with Crippen molar-refractivity contribution in [3.63, 3.8) is 0 Å². The number of nitrogens with one attached hydrogen (secondary N) is 1. The molecule has 2 nitrogen and oxygen atoms in total. The second-order valence-corrected chi connectivity index (χ2v) is 6.23. The van der Waals surface area contributed by atoms with Gasteiger partial charge in [-0.25, -0.2) is 8.78 Å². The fraction of sp³-hybridized carbons (Fsp3) is 0.625. The molecule has 1 aromatic carbocycles. The van der Waals surface area contributed by atoms with Crippen LogP contribution in [0, 0.1) is 23.0 Å². The monoisotopic (exact) mass is 281 g/mol. The predicted octanol–water partition coefficient (Wildman–Crippen LogP) is 2.91. The molecule has 2 atom stereocenters. The van der Waals surface area contributed by atoms with Crippen molar-refractivity contribution in [1.29, 1.82) is 0 Å². The maximum absolute atomic E-state index is 13.4. The van der Waals surface area contributed by atoms with E-state index in [2.05, 4.69) is 5.32 Å². The number of benzene rings is 1. The molecule has 1 aromatic rings. The minimum atomic E-state index is -0.499. The van der Waals surface area contributed by atoms with Crippen molar-refractivity contribution in [3.8, 4) is 0 Å². The maximum Gasteiger partial charge on any atom is 0.126 e. The van der Waals surface area contributed by atoms with Crippen LogP contribution in [0.2, 0.25) is 0 Å². The zero-order valence-corrected chi connectivity index (χ0v) is 11.8. The van der Waals surface area contributed by atoms with Crippen LogP contribution in [0.5, 0.6) is 0 Å². The van der Waals surface area contributed by atoms with Gasteiger partial charge in [0.15, 0.2) is 0 Å². The van der Waals surface area contributed by atoms with Gasteiger partial charge in [-0.2, -0.15) is 0 Å². The van der Waals surface area contributed by atoms with E-state index in [1.165, 1.54) is 25.0 Å². The van der Waals surface area contributed by atoms with E-state index < -0.39 is 11.6 Å². The van der Waals surface area contributed by atoms with Gasteiger partial charge in [0.05, 0.1) is 6.10 Å². The molecule has 1 aliphatic heterocycles. The van der Waals surface area contributed by atoms with Gasteiger partial charge >= 0.3 is 0 Å². The van der Waals surface area contributed by atoms with Gasteiger partial charge in [-0.05, 0) is 56.3 Å². The average molecular weight is 281 g/mol. The highest BCUT2D eigenvalue weighted by atomic mass is 19.1. The molecule has 1 N–H and O–H groups in total. The summed E-state index contributed by atoms with van der Waals surface area (Å²) >= 11 is 0. The molecule has 4 heteroatoms. The van der Waals surface area contributed by atoms with Crippen LogP contribution in [0.1, 0.15) is 24.8 Å². The lowest BCUT2D eigenvalue weighted by molar-refractivity contribution is 0.0314. The molecule has 0 spiro atoms. The summed E-state index contributed by atoms with van der Waals surface area (Å²) in [7, 11) is 1.93. The van der Waals surface area contributed by atoms with Gasteiger partial charge in [-0.1, -0.05) is 0 Å². The molecular weight excluding hydrogens is 260 g/mol. The van der Waals surface area contributed by atoms with Crippen LogP contribution in [0.15, 0.2) is 18.2 Å². The third-order valence-corrected chi connectivity index (χ3v) is 4.56. The summed E-state index contributed by atoms with van der Waals surface area (Å²) in [5.41, 5.74) is 0.699. The number of rotatable bonds is 5. The molecule has 2 unspecified atom stereocenters.